The highest BCUT2D eigenvalue weighted by Gasteiger charge is 2.10. The van der Waals surface area contributed by atoms with Gasteiger partial charge in [-0.25, -0.2) is 0 Å². The first-order valence-electron chi connectivity index (χ1n) is 7.72. The van der Waals surface area contributed by atoms with Gasteiger partial charge in [-0.2, -0.15) is 0 Å². The number of hydrogen-bond acceptors (Lipinski definition) is 6. The van der Waals surface area contributed by atoms with Crippen molar-refractivity contribution in [3.8, 4) is 17.2 Å². The third-order valence-corrected chi connectivity index (χ3v) is 3.63. The molecule has 3 aromatic rings. The summed E-state index contributed by atoms with van der Waals surface area (Å²) in [5.74, 6) is -0.457. The summed E-state index contributed by atoms with van der Waals surface area (Å²) in [5.41, 5.74) is 1.11. The Morgan fingerprint density at radius 2 is 1.84 bits per heavy atom. The van der Waals surface area contributed by atoms with E-state index in [1.54, 1.807) is 12.1 Å². The lowest BCUT2D eigenvalue weighted by molar-refractivity contribution is -0.307. The molecule has 3 rings (SSSR count). The molecule has 1 heterocycles. The number of carboxylic acids is 1. The number of carbonyl (C=O) groups excluding carboxylic acids is 1. The molecule has 0 fully saturated rings. The third kappa shape index (κ3) is 3.80. The maximum atomic E-state index is 12.5. The first kappa shape index (κ1) is 16.6. The van der Waals surface area contributed by atoms with E-state index in [-0.39, 0.29) is 22.5 Å². The van der Waals surface area contributed by atoms with Crippen molar-refractivity contribution in [3.63, 3.8) is 0 Å². The molecule has 0 N–H and O–H groups in total. The van der Waals surface area contributed by atoms with Crippen molar-refractivity contribution in [3.05, 3.63) is 64.5 Å². The molecule has 128 valence electrons. The molecule has 6 heteroatoms. The predicted molar refractivity (Wildman–Crippen MR) is 88.9 cm³/mol. The van der Waals surface area contributed by atoms with Gasteiger partial charge in [0.1, 0.15) is 30.0 Å². The number of aryl methyl sites for hydroxylation is 1. The number of fused-ring (bicyclic) bond motifs is 1. The summed E-state index contributed by atoms with van der Waals surface area (Å²) in [6, 6.07) is 11.9. The van der Waals surface area contributed by atoms with Crippen LogP contribution in [0.15, 0.2) is 57.9 Å². The maximum Gasteiger partial charge on any atom is 0.235 e. The van der Waals surface area contributed by atoms with Crippen molar-refractivity contribution in [1.29, 1.82) is 0 Å². The Morgan fingerprint density at radius 3 is 2.52 bits per heavy atom. The third-order valence-electron chi connectivity index (χ3n) is 3.63. The second kappa shape index (κ2) is 7.09. The molecule has 0 aliphatic carbocycles. The molecule has 0 saturated carbocycles. The van der Waals surface area contributed by atoms with Crippen molar-refractivity contribution in [2.24, 2.45) is 0 Å². The van der Waals surface area contributed by atoms with Gasteiger partial charge in [-0.15, -0.1) is 0 Å². The van der Waals surface area contributed by atoms with Gasteiger partial charge in [-0.05, 0) is 36.2 Å². The van der Waals surface area contributed by atoms with E-state index in [2.05, 4.69) is 6.92 Å². The SMILES string of the molecule is CCc1ccc(Oc2coc3cc(OCC(=O)[O-])ccc3c2=O)cc1. The van der Waals surface area contributed by atoms with E-state index in [1.807, 2.05) is 12.1 Å². The average molecular weight is 339 g/mol. The van der Waals surface area contributed by atoms with Crippen LogP contribution in [0.2, 0.25) is 0 Å². The minimum atomic E-state index is -1.33. The van der Waals surface area contributed by atoms with Gasteiger partial charge in [-0.3, -0.25) is 4.79 Å². The topological polar surface area (TPSA) is 88.8 Å². The number of carbonyl (C=O) groups is 1. The molecule has 0 aliphatic rings. The fourth-order valence-corrected chi connectivity index (χ4v) is 2.31. The monoisotopic (exact) mass is 339 g/mol. The van der Waals surface area contributed by atoms with Crippen LogP contribution in [0, 0.1) is 0 Å². The predicted octanol–water partition coefficient (Wildman–Crippen LogP) is 2.28. The quantitative estimate of drug-likeness (QED) is 0.684. The van der Waals surface area contributed by atoms with E-state index in [0.717, 1.165) is 6.42 Å². The smallest absolute Gasteiger partial charge is 0.235 e. The van der Waals surface area contributed by atoms with Gasteiger partial charge in [0.25, 0.3) is 0 Å². The first-order valence-corrected chi connectivity index (χ1v) is 7.72. The largest absolute Gasteiger partial charge is 0.546 e. The lowest BCUT2D eigenvalue weighted by atomic mass is 10.2. The Labute approximate surface area is 143 Å². The number of hydrogen-bond donors (Lipinski definition) is 0. The number of benzene rings is 2. The van der Waals surface area contributed by atoms with Crippen LogP contribution in [-0.4, -0.2) is 12.6 Å². The minimum absolute atomic E-state index is 0.0696. The van der Waals surface area contributed by atoms with Crippen molar-refractivity contribution in [1.82, 2.24) is 0 Å². The molecule has 25 heavy (non-hydrogen) atoms. The van der Waals surface area contributed by atoms with E-state index in [1.165, 1.54) is 30.0 Å². The van der Waals surface area contributed by atoms with Crippen molar-refractivity contribution in [2.75, 3.05) is 6.61 Å². The van der Waals surface area contributed by atoms with E-state index in [4.69, 9.17) is 13.9 Å². The van der Waals surface area contributed by atoms with Crippen molar-refractivity contribution >= 4 is 16.9 Å². The average Bonchev–Trinajstić information content (AvgIpc) is 2.63. The standard InChI is InChI=1S/C19H16O6/c1-2-12-3-5-13(6-4-12)25-17-10-24-16-9-14(23-11-18(20)21)7-8-15(16)19(17)22/h3-10H,2,11H2,1H3,(H,20,21)/p-1. The molecule has 0 atom stereocenters. The van der Waals surface area contributed by atoms with Gasteiger partial charge in [-0.1, -0.05) is 19.1 Å². The highest BCUT2D eigenvalue weighted by Crippen LogP contribution is 2.24. The van der Waals surface area contributed by atoms with Gasteiger partial charge in [0.2, 0.25) is 11.2 Å². The van der Waals surface area contributed by atoms with Crippen LogP contribution in [0.3, 0.4) is 0 Å². The molecule has 0 amide bonds. The number of aliphatic carboxylic acids is 1. The van der Waals surface area contributed by atoms with E-state index in [0.29, 0.717) is 11.1 Å². The molecule has 0 unspecified atom stereocenters. The Hall–Kier alpha value is -3.28. The van der Waals surface area contributed by atoms with Crippen LogP contribution in [0.1, 0.15) is 12.5 Å². The summed E-state index contributed by atoms with van der Waals surface area (Å²) in [5, 5.41) is 10.7. The van der Waals surface area contributed by atoms with Crippen LogP contribution < -0.4 is 20.0 Å². The van der Waals surface area contributed by atoms with E-state index < -0.39 is 12.6 Å². The summed E-state index contributed by atoms with van der Waals surface area (Å²) in [7, 11) is 0. The van der Waals surface area contributed by atoms with Gasteiger partial charge >= 0.3 is 0 Å². The van der Waals surface area contributed by atoms with Gasteiger partial charge in [0.05, 0.1) is 11.4 Å². The molecule has 0 saturated heterocycles. The molecule has 0 aliphatic heterocycles. The summed E-state index contributed by atoms with van der Waals surface area (Å²) < 4.78 is 16.0. The van der Waals surface area contributed by atoms with Crippen LogP contribution in [0.4, 0.5) is 0 Å². The van der Waals surface area contributed by atoms with Crippen molar-refractivity contribution in [2.45, 2.75) is 13.3 Å². The Bertz CT molecular complexity index is 956. The summed E-state index contributed by atoms with van der Waals surface area (Å²) >= 11 is 0. The van der Waals surface area contributed by atoms with E-state index >= 15 is 0 Å². The number of carboxylic acid groups (broad SMARTS) is 1. The molecule has 0 radical (unpaired) electrons. The fraction of sp³-hybridized carbons (Fsp3) is 0.158. The van der Waals surface area contributed by atoms with Crippen LogP contribution in [0.25, 0.3) is 11.0 Å². The van der Waals surface area contributed by atoms with Crippen molar-refractivity contribution < 1.29 is 23.8 Å². The Morgan fingerprint density at radius 1 is 1.12 bits per heavy atom. The van der Waals surface area contributed by atoms with Gasteiger partial charge in [0.15, 0.2) is 0 Å². The molecule has 1 aromatic heterocycles. The molecular weight excluding hydrogens is 324 g/mol. The summed E-state index contributed by atoms with van der Waals surface area (Å²) in [6.07, 6.45) is 2.14. The fourth-order valence-electron chi connectivity index (χ4n) is 2.31. The van der Waals surface area contributed by atoms with Crippen LogP contribution >= 0.6 is 0 Å². The highest BCUT2D eigenvalue weighted by atomic mass is 16.5. The van der Waals surface area contributed by atoms with Gasteiger partial charge in [0, 0.05) is 6.07 Å². The van der Waals surface area contributed by atoms with E-state index in [9.17, 15) is 14.7 Å². The minimum Gasteiger partial charge on any atom is -0.546 e. The zero-order valence-electron chi connectivity index (χ0n) is 13.5. The second-order valence-electron chi connectivity index (χ2n) is 5.35. The summed E-state index contributed by atoms with van der Waals surface area (Å²) in [6.45, 7) is 1.48. The zero-order chi connectivity index (χ0) is 17.8. The normalized spacial score (nSPS) is 10.6. The highest BCUT2D eigenvalue weighted by molar-refractivity contribution is 5.79. The Balaban J connectivity index is 1.87. The second-order valence-corrected chi connectivity index (χ2v) is 5.35. The Kier molecular flexibility index (Phi) is 4.70. The molecule has 0 bridgehead atoms. The molecular formula is C19H15O6-. The molecule has 0 spiro atoms. The maximum absolute atomic E-state index is 12.5. The number of rotatable bonds is 6. The van der Waals surface area contributed by atoms with Crippen LogP contribution in [0.5, 0.6) is 17.2 Å². The lowest BCUT2D eigenvalue weighted by Gasteiger charge is -2.08. The lowest BCUT2D eigenvalue weighted by Crippen LogP contribution is -2.28. The summed E-state index contributed by atoms with van der Waals surface area (Å²) in [4.78, 5) is 22.9. The van der Waals surface area contributed by atoms with Gasteiger partial charge < -0.3 is 23.8 Å². The molecule has 2 aromatic carbocycles. The zero-order valence-corrected chi connectivity index (χ0v) is 13.5. The van der Waals surface area contributed by atoms with Crippen LogP contribution in [-0.2, 0) is 11.2 Å². The molecule has 6 nitrogen and oxygen atoms in total. The number of ether oxygens (including phenoxy) is 2. The first-order chi connectivity index (χ1) is 12.1.